The minimum absolute atomic E-state index is 0.200. The van der Waals surface area contributed by atoms with Crippen molar-refractivity contribution in [3.05, 3.63) is 53.6 Å². The molecule has 1 aliphatic rings. The van der Waals surface area contributed by atoms with Crippen molar-refractivity contribution in [2.45, 2.75) is 38.1 Å². The molecular weight excluding hydrogens is 414 g/mol. The Balaban J connectivity index is 1.55. The summed E-state index contributed by atoms with van der Waals surface area (Å²) in [6.07, 6.45) is 4.95. The van der Waals surface area contributed by atoms with Crippen molar-refractivity contribution in [1.29, 1.82) is 0 Å². The third kappa shape index (κ3) is 4.07. The van der Waals surface area contributed by atoms with Crippen molar-refractivity contribution in [1.82, 2.24) is 24.2 Å². The number of nitrogens with zero attached hydrogens (tertiary/aromatic N) is 4. The first kappa shape index (κ1) is 21.5. The van der Waals surface area contributed by atoms with Crippen LogP contribution in [0.4, 0.5) is 0 Å². The quantitative estimate of drug-likeness (QED) is 0.656. The summed E-state index contributed by atoms with van der Waals surface area (Å²) < 4.78 is 29.6. The fourth-order valence-electron chi connectivity index (χ4n) is 3.98. The predicted molar refractivity (Wildman–Crippen MR) is 118 cm³/mol. The van der Waals surface area contributed by atoms with E-state index in [1.807, 2.05) is 18.2 Å². The lowest BCUT2D eigenvalue weighted by atomic mass is 10.0. The van der Waals surface area contributed by atoms with Gasteiger partial charge in [-0.2, -0.15) is 4.31 Å². The third-order valence-electron chi connectivity index (χ3n) is 6.10. The van der Waals surface area contributed by atoms with E-state index in [9.17, 15) is 13.2 Å². The maximum absolute atomic E-state index is 13.2. The van der Waals surface area contributed by atoms with Gasteiger partial charge in [0.25, 0.3) is 5.91 Å². The summed E-state index contributed by atoms with van der Waals surface area (Å²) in [5, 5.41) is 2.89. The summed E-state index contributed by atoms with van der Waals surface area (Å²) in [5.41, 5.74) is 3.21. The minimum atomic E-state index is -3.63. The number of sulfonamides is 1. The Kier molecular flexibility index (Phi) is 5.81. The lowest BCUT2D eigenvalue weighted by Crippen LogP contribution is -2.38. The summed E-state index contributed by atoms with van der Waals surface area (Å²) >= 11 is 0. The number of benzene rings is 1. The van der Waals surface area contributed by atoms with E-state index < -0.39 is 10.0 Å². The van der Waals surface area contributed by atoms with Gasteiger partial charge in [-0.25, -0.2) is 8.42 Å². The molecule has 8 nitrogen and oxygen atoms in total. The van der Waals surface area contributed by atoms with E-state index in [1.54, 1.807) is 30.9 Å². The molecule has 0 spiro atoms. The van der Waals surface area contributed by atoms with Crippen LogP contribution in [0.25, 0.3) is 11.0 Å². The molecular formula is C22H27N5O3S. The van der Waals surface area contributed by atoms with Crippen molar-refractivity contribution in [2.24, 2.45) is 13.0 Å². The van der Waals surface area contributed by atoms with Crippen molar-refractivity contribution >= 4 is 27.0 Å². The molecule has 31 heavy (non-hydrogen) atoms. The number of rotatable bonds is 5. The topological polar surface area (TPSA) is 97.2 Å². The van der Waals surface area contributed by atoms with Gasteiger partial charge in [0, 0.05) is 44.8 Å². The highest BCUT2D eigenvalue weighted by Crippen LogP contribution is 2.27. The predicted octanol–water partition coefficient (Wildman–Crippen LogP) is 2.63. The number of hydrogen-bond acceptors (Lipinski definition) is 5. The molecule has 2 aromatic heterocycles. The van der Waals surface area contributed by atoms with Crippen LogP contribution in [0.2, 0.25) is 0 Å². The number of carbonyl (C=O) groups excluding carboxylic acids is 1. The summed E-state index contributed by atoms with van der Waals surface area (Å²) in [6.45, 7) is 5.17. The molecule has 0 radical (unpaired) electrons. The van der Waals surface area contributed by atoms with E-state index >= 15 is 0 Å². The Labute approximate surface area is 182 Å². The van der Waals surface area contributed by atoms with Gasteiger partial charge in [-0.15, -0.1) is 0 Å². The molecule has 164 valence electrons. The number of para-hydroxylation sites is 1. The average Bonchev–Trinajstić information content (AvgIpc) is 3.07. The van der Waals surface area contributed by atoms with Crippen LogP contribution in [0.5, 0.6) is 0 Å². The SMILES string of the molecule is Cc1c(S(=O)(=O)N2CCC(C)CC2)cc(C(=O)NCc2cccc3nccnc23)n1C. The number of nitrogens with one attached hydrogen (secondary N) is 1. The van der Waals surface area contributed by atoms with Crippen molar-refractivity contribution < 1.29 is 13.2 Å². The summed E-state index contributed by atoms with van der Waals surface area (Å²) in [4.78, 5) is 21.7. The van der Waals surface area contributed by atoms with Crippen LogP contribution in [0, 0.1) is 12.8 Å². The Bertz CT molecular complexity index is 1220. The van der Waals surface area contributed by atoms with Gasteiger partial charge in [-0.1, -0.05) is 19.1 Å². The second-order valence-corrected chi connectivity index (χ2v) is 10.1. The van der Waals surface area contributed by atoms with Crippen LogP contribution >= 0.6 is 0 Å². The molecule has 9 heteroatoms. The van der Waals surface area contributed by atoms with E-state index in [4.69, 9.17) is 0 Å². The maximum Gasteiger partial charge on any atom is 0.268 e. The van der Waals surface area contributed by atoms with E-state index in [1.165, 1.54) is 10.4 Å². The van der Waals surface area contributed by atoms with E-state index in [0.29, 0.717) is 30.4 Å². The minimum Gasteiger partial charge on any atom is -0.347 e. The number of aromatic nitrogens is 3. The summed E-state index contributed by atoms with van der Waals surface area (Å²) in [6, 6.07) is 7.11. The molecule has 0 aliphatic carbocycles. The molecule has 1 aliphatic heterocycles. The zero-order chi connectivity index (χ0) is 22.2. The number of amides is 1. The Morgan fingerprint density at radius 2 is 1.90 bits per heavy atom. The highest BCUT2D eigenvalue weighted by atomic mass is 32.2. The Morgan fingerprint density at radius 1 is 1.19 bits per heavy atom. The van der Waals surface area contributed by atoms with Crippen LogP contribution < -0.4 is 5.32 Å². The molecule has 1 amide bonds. The number of fused-ring (bicyclic) bond motifs is 1. The maximum atomic E-state index is 13.2. The third-order valence-corrected chi connectivity index (χ3v) is 8.12. The van der Waals surface area contributed by atoms with E-state index in [2.05, 4.69) is 22.2 Å². The first-order valence-electron chi connectivity index (χ1n) is 10.4. The molecule has 1 saturated heterocycles. The molecule has 3 heterocycles. The second-order valence-electron chi connectivity index (χ2n) is 8.15. The Hall–Kier alpha value is -2.78. The lowest BCUT2D eigenvalue weighted by Gasteiger charge is -2.29. The van der Waals surface area contributed by atoms with E-state index in [-0.39, 0.29) is 17.3 Å². The second kappa shape index (κ2) is 8.39. The first-order chi connectivity index (χ1) is 14.8. The largest absolute Gasteiger partial charge is 0.347 e. The van der Waals surface area contributed by atoms with Crippen molar-refractivity contribution in [2.75, 3.05) is 13.1 Å². The fourth-order valence-corrected chi connectivity index (χ4v) is 5.72. The standard InChI is InChI=1S/C22H27N5O3S/c1-15-7-11-27(12-8-15)31(29,30)20-13-19(26(3)16(20)2)22(28)25-14-17-5-4-6-18-21(17)24-10-9-23-18/h4-6,9-10,13,15H,7-8,11-12,14H2,1-3H3,(H,25,28). The molecule has 1 fully saturated rings. The first-order valence-corrected chi connectivity index (χ1v) is 11.9. The van der Waals surface area contributed by atoms with Gasteiger partial charge < -0.3 is 9.88 Å². The van der Waals surface area contributed by atoms with Gasteiger partial charge in [0.05, 0.1) is 11.0 Å². The van der Waals surface area contributed by atoms with Gasteiger partial charge in [0.1, 0.15) is 10.6 Å². The zero-order valence-electron chi connectivity index (χ0n) is 18.0. The van der Waals surface area contributed by atoms with E-state index in [0.717, 1.165) is 29.4 Å². The lowest BCUT2D eigenvalue weighted by molar-refractivity contribution is 0.0942. The van der Waals surface area contributed by atoms with Gasteiger partial charge >= 0.3 is 0 Å². The van der Waals surface area contributed by atoms with Gasteiger partial charge in [0.2, 0.25) is 10.0 Å². The molecule has 4 rings (SSSR count). The summed E-state index contributed by atoms with van der Waals surface area (Å²) in [5.74, 6) is 0.198. The smallest absolute Gasteiger partial charge is 0.268 e. The normalized spacial score (nSPS) is 16.0. The molecule has 0 unspecified atom stereocenters. The zero-order valence-corrected chi connectivity index (χ0v) is 18.8. The van der Waals surface area contributed by atoms with Crippen molar-refractivity contribution in [3.63, 3.8) is 0 Å². The fraction of sp³-hybridized carbons (Fsp3) is 0.409. The molecule has 1 aromatic carbocycles. The Morgan fingerprint density at radius 3 is 2.65 bits per heavy atom. The number of hydrogen-bond donors (Lipinski definition) is 1. The number of carbonyl (C=O) groups is 1. The van der Waals surface area contributed by atoms with Crippen LogP contribution in [0.1, 0.15) is 41.5 Å². The van der Waals surface area contributed by atoms with Crippen LogP contribution in [-0.4, -0.2) is 46.3 Å². The van der Waals surface area contributed by atoms with Crippen LogP contribution in [-0.2, 0) is 23.6 Å². The molecule has 0 bridgehead atoms. The van der Waals surface area contributed by atoms with Crippen molar-refractivity contribution in [3.8, 4) is 0 Å². The van der Waals surface area contributed by atoms with Crippen LogP contribution in [0.15, 0.2) is 41.6 Å². The molecule has 0 saturated carbocycles. The van der Waals surface area contributed by atoms with Crippen LogP contribution in [0.3, 0.4) is 0 Å². The summed E-state index contributed by atoms with van der Waals surface area (Å²) in [7, 11) is -1.92. The highest BCUT2D eigenvalue weighted by molar-refractivity contribution is 7.89. The average molecular weight is 442 g/mol. The number of piperidine rings is 1. The van der Waals surface area contributed by atoms with Gasteiger partial charge in [0.15, 0.2) is 0 Å². The van der Waals surface area contributed by atoms with Gasteiger partial charge in [-0.05, 0) is 43.4 Å². The molecule has 3 aromatic rings. The molecule has 0 atom stereocenters. The molecule has 1 N–H and O–H groups in total. The monoisotopic (exact) mass is 441 g/mol. The highest BCUT2D eigenvalue weighted by Gasteiger charge is 2.32. The van der Waals surface area contributed by atoms with Gasteiger partial charge in [-0.3, -0.25) is 14.8 Å².